The molecule has 0 amide bonds. The first-order valence-corrected chi connectivity index (χ1v) is 7.23. The van der Waals surface area contributed by atoms with Gasteiger partial charge >= 0.3 is 6.18 Å². The fraction of sp³-hybridized carbons (Fsp3) is 0.467. The fourth-order valence-corrected chi connectivity index (χ4v) is 2.67. The molecule has 1 aromatic carbocycles. The molecule has 0 radical (unpaired) electrons. The van der Waals surface area contributed by atoms with Gasteiger partial charge in [-0.3, -0.25) is 4.90 Å². The van der Waals surface area contributed by atoms with Crippen LogP contribution < -0.4 is 0 Å². The van der Waals surface area contributed by atoms with E-state index in [0.29, 0.717) is 38.0 Å². The third kappa shape index (κ3) is 3.70. The van der Waals surface area contributed by atoms with Gasteiger partial charge in [-0.15, -0.1) is 0 Å². The van der Waals surface area contributed by atoms with Gasteiger partial charge in [0, 0.05) is 13.1 Å². The van der Waals surface area contributed by atoms with Crippen molar-refractivity contribution in [3.05, 3.63) is 47.1 Å². The molecule has 0 bridgehead atoms. The van der Waals surface area contributed by atoms with E-state index in [2.05, 4.69) is 10.1 Å². The predicted octanol–water partition coefficient (Wildman–Crippen LogP) is 2.97. The van der Waals surface area contributed by atoms with Gasteiger partial charge < -0.3 is 9.26 Å². The molecule has 0 unspecified atom stereocenters. The Morgan fingerprint density at radius 3 is 2.78 bits per heavy atom. The van der Waals surface area contributed by atoms with E-state index in [1.54, 1.807) is 13.0 Å². The molecule has 1 saturated heterocycles. The molecule has 1 aromatic heterocycles. The number of hydrogen-bond acceptors (Lipinski definition) is 5. The zero-order valence-corrected chi connectivity index (χ0v) is 12.5. The van der Waals surface area contributed by atoms with Gasteiger partial charge in [0.15, 0.2) is 5.82 Å². The molecule has 124 valence electrons. The highest BCUT2D eigenvalue weighted by Crippen LogP contribution is 2.36. The van der Waals surface area contributed by atoms with E-state index in [1.165, 1.54) is 12.1 Å². The highest BCUT2D eigenvalue weighted by Gasteiger charge is 2.36. The molecule has 0 aliphatic carbocycles. The second-order valence-corrected chi connectivity index (χ2v) is 5.41. The number of rotatable bonds is 3. The topological polar surface area (TPSA) is 51.4 Å². The minimum absolute atomic E-state index is 0.159. The van der Waals surface area contributed by atoms with Gasteiger partial charge in [0.2, 0.25) is 5.89 Å². The van der Waals surface area contributed by atoms with Crippen molar-refractivity contribution in [2.24, 2.45) is 0 Å². The zero-order chi connectivity index (χ0) is 16.4. The molecule has 2 aromatic rings. The van der Waals surface area contributed by atoms with E-state index >= 15 is 0 Å². The summed E-state index contributed by atoms with van der Waals surface area (Å²) < 4.78 is 50.1. The molecule has 1 fully saturated rings. The number of alkyl halides is 3. The average Bonchev–Trinajstić information content (AvgIpc) is 2.92. The summed E-state index contributed by atoms with van der Waals surface area (Å²) in [5.74, 6) is 0.986. The van der Waals surface area contributed by atoms with Crippen molar-refractivity contribution in [2.75, 3.05) is 19.7 Å². The number of hydrogen-bond donors (Lipinski definition) is 0. The van der Waals surface area contributed by atoms with Crippen molar-refractivity contribution in [2.45, 2.75) is 25.7 Å². The molecule has 0 spiro atoms. The van der Waals surface area contributed by atoms with Gasteiger partial charge in [-0.05, 0) is 18.6 Å². The Balaban J connectivity index is 1.76. The summed E-state index contributed by atoms with van der Waals surface area (Å²) in [6.07, 6.45) is -5.03. The average molecular weight is 327 g/mol. The molecule has 23 heavy (non-hydrogen) atoms. The van der Waals surface area contributed by atoms with Gasteiger partial charge in [0.25, 0.3) is 0 Å². The standard InChI is InChI=1S/C15H16F3N3O2/c1-10-19-14(23-20-10)9-21-6-7-22-13(8-21)11-4-2-3-5-12(11)15(16,17)18/h2-5,13H,6-9H2,1H3/t13-/m1/s1. The van der Waals surface area contributed by atoms with Crippen LogP contribution in [-0.4, -0.2) is 34.7 Å². The summed E-state index contributed by atoms with van der Waals surface area (Å²) >= 11 is 0. The van der Waals surface area contributed by atoms with E-state index in [1.807, 2.05) is 4.90 Å². The second-order valence-electron chi connectivity index (χ2n) is 5.41. The normalized spacial score (nSPS) is 19.9. The van der Waals surface area contributed by atoms with Crippen molar-refractivity contribution in [1.29, 1.82) is 0 Å². The number of aromatic nitrogens is 2. The number of ether oxygens (including phenoxy) is 1. The van der Waals surface area contributed by atoms with Crippen LogP contribution >= 0.6 is 0 Å². The highest BCUT2D eigenvalue weighted by molar-refractivity contribution is 5.32. The smallest absolute Gasteiger partial charge is 0.371 e. The zero-order valence-electron chi connectivity index (χ0n) is 12.5. The Morgan fingerprint density at radius 2 is 2.09 bits per heavy atom. The maximum Gasteiger partial charge on any atom is 0.416 e. The first-order chi connectivity index (χ1) is 10.9. The number of morpholine rings is 1. The van der Waals surface area contributed by atoms with E-state index in [9.17, 15) is 13.2 Å². The Hall–Kier alpha value is -1.93. The first kappa shape index (κ1) is 15.9. The molecule has 0 N–H and O–H groups in total. The second kappa shape index (κ2) is 6.29. The molecular weight excluding hydrogens is 311 g/mol. The van der Waals surface area contributed by atoms with Crippen LogP contribution in [-0.2, 0) is 17.5 Å². The minimum atomic E-state index is -4.40. The molecule has 2 heterocycles. The Morgan fingerprint density at radius 1 is 1.30 bits per heavy atom. The quantitative estimate of drug-likeness (QED) is 0.867. The van der Waals surface area contributed by atoms with E-state index in [0.717, 1.165) is 6.07 Å². The maximum absolute atomic E-state index is 13.1. The van der Waals surface area contributed by atoms with Crippen LogP contribution in [0.1, 0.15) is 28.9 Å². The van der Waals surface area contributed by atoms with E-state index in [4.69, 9.17) is 9.26 Å². The molecule has 5 nitrogen and oxygen atoms in total. The Bertz CT molecular complexity index is 672. The Labute approximate surface area is 131 Å². The summed E-state index contributed by atoms with van der Waals surface area (Å²) in [4.78, 5) is 6.07. The first-order valence-electron chi connectivity index (χ1n) is 7.23. The van der Waals surface area contributed by atoms with Crippen molar-refractivity contribution in [3.8, 4) is 0 Å². The predicted molar refractivity (Wildman–Crippen MR) is 74.4 cm³/mol. The van der Waals surface area contributed by atoms with Crippen LogP contribution in [0.4, 0.5) is 13.2 Å². The number of benzene rings is 1. The van der Waals surface area contributed by atoms with Crippen LogP contribution in [0.5, 0.6) is 0 Å². The SMILES string of the molecule is Cc1noc(CN2CCO[C@@H](c3ccccc3C(F)(F)F)C2)n1. The molecule has 3 rings (SSSR count). The lowest BCUT2D eigenvalue weighted by molar-refractivity contribution is -0.140. The third-order valence-electron chi connectivity index (χ3n) is 3.69. The Kier molecular flexibility index (Phi) is 4.36. The fourth-order valence-electron chi connectivity index (χ4n) is 2.67. The van der Waals surface area contributed by atoms with Crippen molar-refractivity contribution >= 4 is 0 Å². The molecule has 1 atom stereocenters. The van der Waals surface area contributed by atoms with Crippen molar-refractivity contribution < 1.29 is 22.4 Å². The summed E-state index contributed by atoms with van der Waals surface area (Å²) in [6.45, 7) is 3.41. The monoisotopic (exact) mass is 327 g/mol. The molecule has 0 saturated carbocycles. The summed E-state index contributed by atoms with van der Waals surface area (Å²) in [6, 6.07) is 5.52. The molecule has 1 aliphatic rings. The van der Waals surface area contributed by atoms with Crippen LogP contribution in [0.15, 0.2) is 28.8 Å². The summed E-state index contributed by atoms with van der Waals surface area (Å²) in [5.41, 5.74) is -0.494. The van der Waals surface area contributed by atoms with Gasteiger partial charge in [0.05, 0.1) is 24.8 Å². The van der Waals surface area contributed by atoms with Crippen LogP contribution in [0.25, 0.3) is 0 Å². The summed E-state index contributed by atoms with van der Waals surface area (Å²) in [7, 11) is 0. The highest BCUT2D eigenvalue weighted by atomic mass is 19.4. The van der Waals surface area contributed by atoms with Gasteiger partial charge in [-0.25, -0.2) is 0 Å². The molecular formula is C15H16F3N3O2. The number of aryl methyl sites for hydroxylation is 1. The lowest BCUT2D eigenvalue weighted by atomic mass is 10.0. The van der Waals surface area contributed by atoms with E-state index < -0.39 is 17.8 Å². The van der Waals surface area contributed by atoms with Gasteiger partial charge in [-0.2, -0.15) is 18.2 Å². The van der Waals surface area contributed by atoms with Crippen molar-refractivity contribution in [3.63, 3.8) is 0 Å². The molecule has 8 heteroatoms. The third-order valence-corrected chi connectivity index (χ3v) is 3.69. The molecule has 1 aliphatic heterocycles. The van der Waals surface area contributed by atoms with Crippen LogP contribution in [0.3, 0.4) is 0 Å². The minimum Gasteiger partial charge on any atom is -0.371 e. The number of nitrogens with zero attached hydrogens (tertiary/aromatic N) is 3. The van der Waals surface area contributed by atoms with Crippen LogP contribution in [0.2, 0.25) is 0 Å². The largest absolute Gasteiger partial charge is 0.416 e. The van der Waals surface area contributed by atoms with Gasteiger partial charge in [-0.1, -0.05) is 23.4 Å². The lowest BCUT2D eigenvalue weighted by Gasteiger charge is -2.33. The maximum atomic E-state index is 13.1. The van der Waals surface area contributed by atoms with Gasteiger partial charge in [0.1, 0.15) is 0 Å². The van der Waals surface area contributed by atoms with Crippen LogP contribution in [0, 0.1) is 6.92 Å². The summed E-state index contributed by atoms with van der Waals surface area (Å²) in [5, 5.41) is 3.71. The number of halogens is 3. The van der Waals surface area contributed by atoms with E-state index in [-0.39, 0.29) is 5.56 Å². The van der Waals surface area contributed by atoms with Crippen molar-refractivity contribution in [1.82, 2.24) is 15.0 Å². The lowest BCUT2D eigenvalue weighted by Crippen LogP contribution is -2.38.